The van der Waals surface area contributed by atoms with Crippen molar-refractivity contribution in [2.45, 2.75) is 20.8 Å². The van der Waals surface area contributed by atoms with Crippen LogP contribution >= 0.6 is 11.3 Å². The number of benzene rings is 11. The molecule has 542 valence electrons. The Balaban J connectivity index is 0.000000171. The van der Waals surface area contributed by atoms with Crippen LogP contribution in [0.15, 0.2) is 247 Å². The van der Waals surface area contributed by atoms with Gasteiger partial charge in [-0.05, 0) is 204 Å². The van der Waals surface area contributed by atoms with Crippen LogP contribution in [0.5, 0.6) is 28.7 Å². The average molecular weight is 1450 g/mol. The number of aryl methyl sites for hydroxylation is 3. The predicted molar refractivity (Wildman–Crippen MR) is 420 cm³/mol. The largest absolute Gasteiger partial charge is 0.492 e. The number of carbonyl (C=O) groups excluding carboxylic acids is 3. The quantitative estimate of drug-likeness (QED) is 0.0238. The molecule has 12 rings (SSSR count). The van der Waals surface area contributed by atoms with Gasteiger partial charge in [0.05, 0.1) is 0 Å². The van der Waals surface area contributed by atoms with Gasteiger partial charge in [0.15, 0.2) is 11.6 Å². The van der Waals surface area contributed by atoms with Crippen LogP contribution in [0.3, 0.4) is 0 Å². The molecule has 0 spiro atoms. The first kappa shape index (κ1) is 76.8. The standard InChI is InChI=1S/C30H29F2N3O3.C30H30FN3O3.C26H24N2O2S/c1-19-2-4-20(5-3-19)25-18-23(8-11-29(25)38-15-13-34)35-30(36)22-7-10-28(37-14-12-33)24(16-22)21-6-9-26(31)27(32)17-21;1-20-2-4-21(5-3-20)27-19-25(11-13-29(27)37-17-15-33)34-30(35)23-8-12-28(36-16-14-32)26(18-23)22-6-9-24(31)10-7-22;1-18-5-7-19(8-6-18)20-3-2-4-23(15-20)28-26(29)21-9-10-25(30-13-12-27)24(16-21)22-11-14-31-17-22/h2-11,16-18H,12-15,33-34H2,1H3,(H,35,36);2-13,18-19H,14-17,32-33H2,1H3,(H,34,35);2-11,14-17H,12-13,27H2,1H3,(H,28,29). The van der Waals surface area contributed by atoms with Crippen LogP contribution in [0, 0.1) is 38.2 Å². The van der Waals surface area contributed by atoms with Crippen molar-refractivity contribution in [3.8, 4) is 95.5 Å². The van der Waals surface area contributed by atoms with Gasteiger partial charge in [-0.2, -0.15) is 11.3 Å². The van der Waals surface area contributed by atoms with Crippen molar-refractivity contribution in [1.82, 2.24) is 0 Å². The zero-order chi connectivity index (χ0) is 74.9. The van der Waals surface area contributed by atoms with Crippen molar-refractivity contribution in [1.29, 1.82) is 0 Å². The Hall–Kier alpha value is -11.9. The molecule has 0 aliphatic rings. The summed E-state index contributed by atoms with van der Waals surface area (Å²) >= 11 is 1.60. The second-order valence-corrected chi connectivity index (χ2v) is 25.2. The van der Waals surface area contributed by atoms with E-state index in [9.17, 15) is 27.6 Å². The Morgan fingerprint density at radius 3 is 1.04 bits per heavy atom. The third kappa shape index (κ3) is 20.9. The van der Waals surface area contributed by atoms with Crippen LogP contribution in [0.2, 0.25) is 0 Å². The molecule has 0 fully saturated rings. The normalized spacial score (nSPS) is 10.7. The number of hydrogen-bond donors (Lipinski definition) is 8. The summed E-state index contributed by atoms with van der Waals surface area (Å²) in [7, 11) is 0. The number of ether oxygens (including phenoxy) is 5. The highest BCUT2D eigenvalue weighted by Crippen LogP contribution is 2.39. The fourth-order valence-electron chi connectivity index (χ4n) is 11.1. The van der Waals surface area contributed by atoms with Crippen LogP contribution in [0.4, 0.5) is 30.2 Å². The summed E-state index contributed by atoms with van der Waals surface area (Å²) in [6, 6.07) is 70.1. The molecular weight excluding hydrogens is 1360 g/mol. The van der Waals surface area contributed by atoms with Crippen molar-refractivity contribution >= 4 is 46.1 Å². The van der Waals surface area contributed by atoms with Gasteiger partial charge in [0.25, 0.3) is 17.7 Å². The highest BCUT2D eigenvalue weighted by atomic mass is 32.1. The predicted octanol–water partition coefficient (Wildman–Crippen LogP) is 16.9. The molecule has 106 heavy (non-hydrogen) atoms. The molecule has 1 aromatic heterocycles. The summed E-state index contributed by atoms with van der Waals surface area (Å²) in [5.74, 6) is -0.110. The number of hydrogen-bond acceptors (Lipinski definition) is 14. The van der Waals surface area contributed by atoms with Gasteiger partial charge in [-0.25, -0.2) is 13.2 Å². The molecule has 0 atom stereocenters. The van der Waals surface area contributed by atoms with E-state index in [2.05, 4.69) is 47.1 Å². The van der Waals surface area contributed by atoms with E-state index < -0.39 is 11.6 Å². The maximum absolute atomic E-state index is 14.0. The van der Waals surface area contributed by atoms with E-state index in [0.29, 0.717) is 120 Å². The van der Waals surface area contributed by atoms with Crippen molar-refractivity contribution in [3.63, 3.8) is 0 Å². The number of nitrogens with one attached hydrogen (secondary N) is 3. The minimum absolute atomic E-state index is 0.164. The molecule has 3 amide bonds. The number of thiophene rings is 1. The molecule has 11 aromatic carbocycles. The Morgan fingerprint density at radius 1 is 0.321 bits per heavy atom. The third-order valence-electron chi connectivity index (χ3n) is 16.5. The lowest BCUT2D eigenvalue weighted by atomic mass is 10.0. The summed E-state index contributed by atoms with van der Waals surface area (Å²) in [6.45, 7) is 9.63. The van der Waals surface area contributed by atoms with Crippen LogP contribution in [0.25, 0.3) is 66.8 Å². The molecule has 1 heterocycles. The van der Waals surface area contributed by atoms with E-state index in [-0.39, 0.29) is 36.7 Å². The summed E-state index contributed by atoms with van der Waals surface area (Å²) in [6.07, 6.45) is 0. The fourth-order valence-corrected chi connectivity index (χ4v) is 11.8. The van der Waals surface area contributed by atoms with Gasteiger partial charge in [0.1, 0.15) is 67.6 Å². The Kier molecular flexibility index (Phi) is 27.5. The van der Waals surface area contributed by atoms with Crippen molar-refractivity contribution in [2.75, 3.05) is 81.7 Å². The van der Waals surface area contributed by atoms with Gasteiger partial charge in [0.2, 0.25) is 0 Å². The molecule has 0 aliphatic heterocycles. The number of nitrogens with two attached hydrogens (primary N) is 5. The van der Waals surface area contributed by atoms with Crippen molar-refractivity contribution in [3.05, 3.63) is 298 Å². The number of amides is 3. The SMILES string of the molecule is Cc1ccc(-c2cc(NC(=O)c3ccc(OCCN)c(-c4ccc(F)c(F)c4)c3)ccc2OCCN)cc1.Cc1ccc(-c2cc(NC(=O)c3ccc(OCCN)c(-c4ccc(F)cc4)c3)ccc2OCCN)cc1.Cc1ccc(-c2cccc(NC(=O)c3ccc(OCCN)c(-c4ccsc4)c3)c2)cc1. The summed E-state index contributed by atoms with van der Waals surface area (Å²) in [4.78, 5) is 39.5. The first-order chi connectivity index (χ1) is 51.5. The number of halogens is 3. The van der Waals surface area contributed by atoms with Crippen LogP contribution < -0.4 is 68.3 Å². The molecule has 20 heteroatoms. The number of rotatable bonds is 27. The maximum Gasteiger partial charge on any atom is 0.255 e. The van der Waals surface area contributed by atoms with Gasteiger partial charge in [0, 0.05) is 94.3 Å². The summed E-state index contributed by atoms with van der Waals surface area (Å²) < 4.78 is 69.9. The first-order valence-corrected chi connectivity index (χ1v) is 35.3. The summed E-state index contributed by atoms with van der Waals surface area (Å²) in [5, 5.41) is 12.9. The van der Waals surface area contributed by atoms with Crippen LogP contribution in [0.1, 0.15) is 47.8 Å². The zero-order valence-electron chi connectivity index (χ0n) is 58.9. The smallest absolute Gasteiger partial charge is 0.255 e. The molecule has 0 bridgehead atoms. The molecule has 0 saturated heterocycles. The lowest BCUT2D eigenvalue weighted by molar-refractivity contribution is 0.101. The second-order valence-electron chi connectivity index (χ2n) is 24.4. The van der Waals surface area contributed by atoms with Gasteiger partial charge >= 0.3 is 0 Å². The molecule has 13 N–H and O–H groups in total. The van der Waals surface area contributed by atoms with E-state index in [0.717, 1.165) is 84.8 Å². The average Bonchev–Trinajstić information content (AvgIpc) is 0.867. The molecule has 0 saturated carbocycles. The van der Waals surface area contributed by atoms with Gasteiger partial charge in [-0.15, -0.1) is 0 Å². The Bertz CT molecular complexity index is 4930. The molecule has 0 radical (unpaired) electrons. The highest BCUT2D eigenvalue weighted by molar-refractivity contribution is 7.08. The van der Waals surface area contributed by atoms with Gasteiger partial charge in [-0.1, -0.05) is 120 Å². The summed E-state index contributed by atoms with van der Waals surface area (Å²) in [5.41, 5.74) is 44.6. The number of anilines is 3. The van der Waals surface area contributed by atoms with E-state index in [1.165, 1.54) is 23.8 Å². The zero-order valence-corrected chi connectivity index (χ0v) is 59.8. The van der Waals surface area contributed by atoms with Gasteiger partial charge < -0.3 is 68.3 Å². The van der Waals surface area contributed by atoms with Crippen molar-refractivity contribution < 1.29 is 51.2 Å². The molecule has 12 aromatic rings. The van der Waals surface area contributed by atoms with E-state index in [1.54, 1.807) is 84.1 Å². The minimum Gasteiger partial charge on any atom is -0.492 e. The Labute approximate surface area is 618 Å². The van der Waals surface area contributed by atoms with E-state index in [4.69, 9.17) is 52.4 Å². The molecule has 0 unspecified atom stereocenters. The Morgan fingerprint density at radius 2 is 0.660 bits per heavy atom. The van der Waals surface area contributed by atoms with E-state index in [1.807, 2.05) is 134 Å². The van der Waals surface area contributed by atoms with Crippen LogP contribution in [-0.4, -0.2) is 83.5 Å². The molecule has 16 nitrogen and oxygen atoms in total. The second kappa shape index (κ2) is 38.0. The maximum atomic E-state index is 14.0. The van der Waals surface area contributed by atoms with Crippen molar-refractivity contribution in [2.24, 2.45) is 28.7 Å². The highest BCUT2D eigenvalue weighted by Gasteiger charge is 2.20. The van der Waals surface area contributed by atoms with Gasteiger partial charge in [-0.3, -0.25) is 14.4 Å². The van der Waals surface area contributed by atoms with E-state index >= 15 is 0 Å². The lowest BCUT2D eigenvalue weighted by Gasteiger charge is -2.15. The molecule has 0 aliphatic carbocycles. The minimum atomic E-state index is -0.997. The molecular formula is C86H83F3N8O8S. The number of carbonyl (C=O) groups is 3. The topological polar surface area (TPSA) is 264 Å². The van der Waals surface area contributed by atoms with Crippen LogP contribution in [-0.2, 0) is 0 Å². The first-order valence-electron chi connectivity index (χ1n) is 34.4. The monoisotopic (exact) mass is 1440 g/mol. The fraction of sp³-hybridized carbons (Fsp3) is 0.151. The third-order valence-corrected chi connectivity index (χ3v) is 17.2. The lowest BCUT2D eigenvalue weighted by Crippen LogP contribution is -2.14.